The summed E-state index contributed by atoms with van der Waals surface area (Å²) in [7, 11) is 2.16. The molecule has 0 aliphatic heterocycles. The Labute approximate surface area is 176 Å². The molecule has 0 amide bonds. The van der Waals surface area contributed by atoms with Crippen LogP contribution >= 0.6 is 0 Å². The van der Waals surface area contributed by atoms with E-state index in [9.17, 15) is 0 Å². The monoisotopic (exact) mass is 560 g/mol. The molecule has 0 aliphatic rings. The van der Waals surface area contributed by atoms with Gasteiger partial charge in [-0.15, -0.1) is 0 Å². The van der Waals surface area contributed by atoms with Crippen LogP contribution < -0.4 is 14.4 Å². The van der Waals surface area contributed by atoms with Crippen LogP contribution in [0.15, 0.2) is 97.2 Å². The second-order valence-corrected chi connectivity index (χ2v) is 15.7. The standard InChI is InChI=1S/C14H15N.2C6H5.Bi/c1-11-8-9-14(15(3)10-11)13-7-5-4-6-12(13)2;2*1-2-4-6-5-3-1;/h4-7,9-10H,1-3H3;2*1-5H;/q+1;;;. The summed E-state index contributed by atoms with van der Waals surface area (Å²) in [6.07, 6.45) is 2.31. The van der Waals surface area contributed by atoms with Crippen molar-refractivity contribution in [2.24, 2.45) is 7.05 Å². The second kappa shape index (κ2) is 8.37. The predicted molar refractivity (Wildman–Crippen MR) is 120 cm³/mol. The summed E-state index contributed by atoms with van der Waals surface area (Å²) in [4.78, 5) is 0. The molecule has 138 valence electrons. The summed E-state index contributed by atoms with van der Waals surface area (Å²) in [5.41, 5.74) is 5.32. The third kappa shape index (κ3) is 3.80. The third-order valence-corrected chi connectivity index (χ3v) is 15.2. The Morgan fingerprint density at radius 3 is 1.75 bits per heavy atom. The van der Waals surface area contributed by atoms with Crippen molar-refractivity contribution in [3.63, 3.8) is 0 Å². The normalized spacial score (nSPS) is 11.0. The fraction of sp³-hybridized carbons (Fsp3) is 0.115. The quantitative estimate of drug-likeness (QED) is 0.267. The van der Waals surface area contributed by atoms with Crippen LogP contribution in [-0.4, -0.2) is 21.8 Å². The summed E-state index contributed by atoms with van der Waals surface area (Å²) in [6.45, 7) is 4.47. The molecule has 0 atom stereocenters. The van der Waals surface area contributed by atoms with Gasteiger partial charge in [0, 0.05) is 0 Å². The van der Waals surface area contributed by atoms with E-state index in [1.165, 1.54) is 28.9 Å². The summed E-state index contributed by atoms with van der Waals surface area (Å²) in [6, 6.07) is 33.4. The van der Waals surface area contributed by atoms with Gasteiger partial charge in [0.1, 0.15) is 0 Å². The van der Waals surface area contributed by atoms with Gasteiger partial charge in [-0.3, -0.25) is 0 Å². The predicted octanol–water partition coefficient (Wildman–Crippen LogP) is 3.31. The van der Waals surface area contributed by atoms with Crippen LogP contribution in [0.3, 0.4) is 0 Å². The molecule has 0 aliphatic carbocycles. The van der Waals surface area contributed by atoms with Gasteiger partial charge in [0.05, 0.1) is 0 Å². The minimum atomic E-state index is -2.37. The number of rotatable bonds is 4. The number of nitrogens with zero attached hydrogens (tertiary/aromatic N) is 1. The molecule has 3 aromatic carbocycles. The first kappa shape index (κ1) is 19.0. The summed E-state index contributed by atoms with van der Waals surface area (Å²) < 4.78 is 6.88. The van der Waals surface area contributed by atoms with Gasteiger partial charge in [0.25, 0.3) is 0 Å². The van der Waals surface area contributed by atoms with Crippen molar-refractivity contribution >= 4 is 31.6 Å². The first-order chi connectivity index (χ1) is 13.6. The molecule has 4 aromatic rings. The first-order valence-electron chi connectivity index (χ1n) is 9.61. The van der Waals surface area contributed by atoms with Gasteiger partial charge in [-0.2, -0.15) is 0 Å². The van der Waals surface area contributed by atoms with E-state index in [0.717, 1.165) is 0 Å². The van der Waals surface area contributed by atoms with Crippen LogP contribution in [0.4, 0.5) is 0 Å². The zero-order chi connectivity index (χ0) is 19.5. The molecule has 0 saturated carbocycles. The van der Waals surface area contributed by atoms with Crippen molar-refractivity contribution in [3.05, 3.63) is 108 Å². The van der Waals surface area contributed by atoms with Gasteiger partial charge >= 0.3 is 177 Å². The number of benzene rings is 3. The Balaban J connectivity index is 1.95. The fourth-order valence-corrected chi connectivity index (χ4v) is 13.3. The van der Waals surface area contributed by atoms with Crippen molar-refractivity contribution in [1.82, 2.24) is 0 Å². The van der Waals surface area contributed by atoms with Crippen LogP contribution in [0.25, 0.3) is 11.3 Å². The van der Waals surface area contributed by atoms with Crippen molar-refractivity contribution < 1.29 is 4.57 Å². The van der Waals surface area contributed by atoms with E-state index in [-0.39, 0.29) is 0 Å². The van der Waals surface area contributed by atoms with E-state index >= 15 is 0 Å². The van der Waals surface area contributed by atoms with Crippen molar-refractivity contribution in [2.45, 2.75) is 13.8 Å². The molecular weight excluding hydrogens is 535 g/mol. The van der Waals surface area contributed by atoms with E-state index in [2.05, 4.69) is 123 Å². The van der Waals surface area contributed by atoms with E-state index in [4.69, 9.17) is 0 Å². The molecular formula is C26H25BiN+. The molecule has 0 saturated heterocycles. The summed E-state index contributed by atoms with van der Waals surface area (Å²) in [5, 5.41) is 0. The third-order valence-electron chi connectivity index (χ3n) is 5.14. The Bertz CT molecular complexity index is 1050. The maximum atomic E-state index is 2.47. The van der Waals surface area contributed by atoms with E-state index < -0.39 is 21.8 Å². The average molecular weight is 560 g/mol. The van der Waals surface area contributed by atoms with Crippen molar-refractivity contribution in [3.8, 4) is 11.3 Å². The van der Waals surface area contributed by atoms with Gasteiger partial charge in [-0.25, -0.2) is 0 Å². The van der Waals surface area contributed by atoms with E-state index in [0.29, 0.717) is 0 Å². The molecule has 1 aromatic heterocycles. The Morgan fingerprint density at radius 1 is 0.643 bits per heavy atom. The second-order valence-electron chi connectivity index (χ2n) is 7.16. The first-order valence-corrected chi connectivity index (χ1v) is 14.8. The molecule has 4 rings (SSSR count). The summed E-state index contributed by atoms with van der Waals surface area (Å²) >= 11 is -2.37. The van der Waals surface area contributed by atoms with Gasteiger partial charge in [0.15, 0.2) is 0 Å². The molecule has 1 nitrogen and oxygen atoms in total. The SMILES string of the molecule is Cc1ccccc1-c1c[c]([Bi]([c]2ccccc2)[c]2ccccc2)c(C)c[n+]1C. The number of hydrogen-bond donors (Lipinski definition) is 0. The van der Waals surface area contributed by atoms with Gasteiger partial charge in [0.2, 0.25) is 0 Å². The van der Waals surface area contributed by atoms with Crippen molar-refractivity contribution in [2.75, 3.05) is 0 Å². The minimum absolute atomic E-state index is 1.30. The maximum absolute atomic E-state index is 2.47. The molecule has 0 fully saturated rings. The van der Waals surface area contributed by atoms with E-state index in [1.807, 2.05) is 0 Å². The van der Waals surface area contributed by atoms with Crippen LogP contribution in [-0.2, 0) is 7.05 Å². The number of aryl methyl sites for hydroxylation is 3. The van der Waals surface area contributed by atoms with Gasteiger partial charge < -0.3 is 0 Å². The molecule has 1 heterocycles. The zero-order valence-corrected chi connectivity index (χ0v) is 20.1. The van der Waals surface area contributed by atoms with Crippen LogP contribution in [0, 0.1) is 13.8 Å². The number of hydrogen-bond acceptors (Lipinski definition) is 0. The molecule has 2 heteroatoms. The molecule has 0 spiro atoms. The van der Waals surface area contributed by atoms with E-state index in [1.54, 1.807) is 3.27 Å². The number of pyridine rings is 1. The summed E-state index contributed by atoms with van der Waals surface area (Å²) in [5.74, 6) is 0. The zero-order valence-electron chi connectivity index (χ0n) is 16.6. The fourth-order valence-electron chi connectivity index (χ4n) is 3.72. The van der Waals surface area contributed by atoms with Crippen LogP contribution in [0.1, 0.15) is 11.1 Å². The van der Waals surface area contributed by atoms with Crippen molar-refractivity contribution in [1.29, 1.82) is 0 Å². The van der Waals surface area contributed by atoms with Crippen LogP contribution in [0.2, 0.25) is 0 Å². The average Bonchev–Trinajstić information content (AvgIpc) is 2.72. The number of aromatic nitrogens is 1. The topological polar surface area (TPSA) is 3.88 Å². The molecule has 28 heavy (non-hydrogen) atoms. The Morgan fingerprint density at radius 2 is 1.18 bits per heavy atom. The Hall–Kier alpha value is -2.31. The van der Waals surface area contributed by atoms with Crippen LogP contribution in [0.5, 0.6) is 0 Å². The van der Waals surface area contributed by atoms with Gasteiger partial charge in [-0.1, -0.05) is 0 Å². The Kier molecular flexibility index (Phi) is 5.69. The molecule has 0 unspecified atom stereocenters. The molecule has 0 N–H and O–H groups in total. The molecule has 0 bridgehead atoms. The van der Waals surface area contributed by atoms with Gasteiger partial charge in [-0.05, 0) is 0 Å². The molecule has 0 radical (unpaired) electrons.